The van der Waals surface area contributed by atoms with E-state index in [-0.39, 0.29) is 11.6 Å². The van der Waals surface area contributed by atoms with Gasteiger partial charge in [-0.05, 0) is 56.3 Å². The van der Waals surface area contributed by atoms with Gasteiger partial charge in [-0.15, -0.1) is 0 Å². The zero-order valence-electron chi connectivity index (χ0n) is 15.8. The first-order chi connectivity index (χ1) is 13.8. The second-order valence-electron chi connectivity index (χ2n) is 6.87. The molecular formula is C22H18F3N3O. The van der Waals surface area contributed by atoms with Gasteiger partial charge in [0.2, 0.25) is 0 Å². The number of aryl methyl sites for hydroxylation is 1. The number of benzene rings is 2. The van der Waals surface area contributed by atoms with Crippen molar-refractivity contribution in [1.29, 1.82) is 0 Å². The molecule has 0 atom stereocenters. The van der Waals surface area contributed by atoms with E-state index in [1.807, 2.05) is 24.4 Å². The molecule has 0 aliphatic carbocycles. The van der Waals surface area contributed by atoms with Gasteiger partial charge in [-0.1, -0.05) is 12.1 Å². The van der Waals surface area contributed by atoms with Crippen molar-refractivity contribution in [2.45, 2.75) is 20.0 Å². The minimum absolute atomic E-state index is 0.00259. The van der Waals surface area contributed by atoms with Gasteiger partial charge < -0.3 is 14.9 Å². The molecule has 2 aromatic heterocycles. The molecule has 148 valence electrons. The maximum Gasteiger partial charge on any atom is 0.418 e. The number of halogens is 3. The van der Waals surface area contributed by atoms with Crippen LogP contribution in [0.1, 0.15) is 27.3 Å². The largest absolute Gasteiger partial charge is 0.418 e. The van der Waals surface area contributed by atoms with E-state index in [4.69, 9.17) is 0 Å². The molecule has 0 fully saturated rings. The van der Waals surface area contributed by atoms with Gasteiger partial charge in [0.05, 0.1) is 16.8 Å². The van der Waals surface area contributed by atoms with Crippen LogP contribution in [0.2, 0.25) is 0 Å². The van der Waals surface area contributed by atoms with Crippen molar-refractivity contribution in [3.63, 3.8) is 0 Å². The van der Waals surface area contributed by atoms with Gasteiger partial charge in [0.1, 0.15) is 0 Å². The molecule has 0 radical (unpaired) electrons. The number of nitrogens with zero attached hydrogens (tertiary/aromatic N) is 1. The highest BCUT2D eigenvalue weighted by molar-refractivity contribution is 6.06. The number of nitrogens with one attached hydrogen (secondary N) is 2. The first-order valence-electron chi connectivity index (χ1n) is 9.00. The molecule has 0 saturated heterocycles. The van der Waals surface area contributed by atoms with E-state index in [2.05, 4.69) is 10.3 Å². The van der Waals surface area contributed by atoms with Crippen LogP contribution in [0.15, 0.2) is 60.8 Å². The van der Waals surface area contributed by atoms with E-state index in [1.165, 1.54) is 16.7 Å². The summed E-state index contributed by atoms with van der Waals surface area (Å²) in [6.45, 7) is 3.33. The number of anilines is 1. The molecule has 29 heavy (non-hydrogen) atoms. The van der Waals surface area contributed by atoms with Crippen LogP contribution in [-0.4, -0.2) is 15.5 Å². The highest BCUT2D eigenvalue weighted by Gasteiger charge is 2.34. The average Bonchev–Trinajstić information content (AvgIpc) is 3.24. The maximum absolute atomic E-state index is 13.5. The zero-order chi connectivity index (χ0) is 20.8. The molecule has 1 amide bonds. The van der Waals surface area contributed by atoms with Gasteiger partial charge in [-0.2, -0.15) is 13.2 Å². The van der Waals surface area contributed by atoms with Crippen LogP contribution >= 0.6 is 0 Å². The second kappa shape index (κ2) is 6.84. The monoisotopic (exact) mass is 397 g/mol. The van der Waals surface area contributed by atoms with Crippen LogP contribution in [0.4, 0.5) is 18.9 Å². The summed E-state index contributed by atoms with van der Waals surface area (Å²) in [6.07, 6.45) is -2.68. The summed E-state index contributed by atoms with van der Waals surface area (Å²) in [5.41, 5.74) is 2.14. The highest BCUT2D eigenvalue weighted by Crippen LogP contribution is 2.35. The third kappa shape index (κ3) is 3.40. The summed E-state index contributed by atoms with van der Waals surface area (Å²) in [6, 6.07) is 14.3. The standard InChI is InChI=1S/C22H18F3N3O/c1-13-11-17(21(29)27-16-7-8-19-15(12-16)9-10-26-19)14(2)28(13)20-6-4-3-5-18(20)22(23,24)25/h3-12,26H,1-2H3,(H,27,29). The van der Waals surface area contributed by atoms with E-state index in [0.29, 0.717) is 22.6 Å². The lowest BCUT2D eigenvalue weighted by Crippen LogP contribution is -2.14. The number of rotatable bonds is 3. The minimum atomic E-state index is -4.49. The van der Waals surface area contributed by atoms with Crippen molar-refractivity contribution in [3.05, 3.63) is 83.3 Å². The Morgan fingerprint density at radius 3 is 2.55 bits per heavy atom. The normalized spacial score (nSPS) is 11.8. The Bertz CT molecular complexity index is 1220. The fraction of sp³-hybridized carbons (Fsp3) is 0.136. The van der Waals surface area contributed by atoms with E-state index in [1.54, 1.807) is 32.0 Å². The van der Waals surface area contributed by atoms with Crippen molar-refractivity contribution in [3.8, 4) is 5.69 Å². The quantitative estimate of drug-likeness (QED) is 0.448. The molecule has 0 aliphatic rings. The number of carbonyl (C=O) groups excluding carboxylic acids is 1. The van der Waals surface area contributed by atoms with Gasteiger partial charge in [-0.3, -0.25) is 4.79 Å². The number of hydrogen-bond donors (Lipinski definition) is 2. The molecule has 4 aromatic rings. The van der Waals surface area contributed by atoms with Crippen LogP contribution in [0, 0.1) is 13.8 Å². The van der Waals surface area contributed by atoms with Crippen LogP contribution in [0.3, 0.4) is 0 Å². The first kappa shape index (κ1) is 18.9. The number of alkyl halides is 3. The molecule has 0 unspecified atom stereocenters. The number of para-hydroxylation sites is 1. The van der Waals surface area contributed by atoms with Crippen LogP contribution in [0.25, 0.3) is 16.6 Å². The fourth-order valence-corrected chi connectivity index (χ4v) is 3.60. The molecule has 4 rings (SSSR count). The third-order valence-corrected chi connectivity index (χ3v) is 4.94. The Morgan fingerprint density at radius 1 is 1.03 bits per heavy atom. The van der Waals surface area contributed by atoms with Gasteiger partial charge >= 0.3 is 6.18 Å². The van der Waals surface area contributed by atoms with E-state index >= 15 is 0 Å². The van der Waals surface area contributed by atoms with Crippen LogP contribution < -0.4 is 5.32 Å². The van der Waals surface area contributed by atoms with Crippen molar-refractivity contribution >= 4 is 22.5 Å². The van der Waals surface area contributed by atoms with Gasteiger partial charge in [0, 0.05) is 34.2 Å². The SMILES string of the molecule is Cc1cc(C(=O)Nc2ccc3[nH]ccc3c2)c(C)n1-c1ccccc1C(F)(F)F. The third-order valence-electron chi connectivity index (χ3n) is 4.94. The Labute approximate surface area is 165 Å². The number of hydrogen-bond acceptors (Lipinski definition) is 1. The highest BCUT2D eigenvalue weighted by atomic mass is 19.4. The molecule has 2 aromatic carbocycles. The van der Waals surface area contributed by atoms with Crippen LogP contribution in [0.5, 0.6) is 0 Å². The molecule has 0 spiro atoms. The zero-order valence-corrected chi connectivity index (χ0v) is 15.8. The average molecular weight is 397 g/mol. The lowest BCUT2D eigenvalue weighted by atomic mass is 10.1. The van der Waals surface area contributed by atoms with E-state index in [9.17, 15) is 18.0 Å². The second-order valence-corrected chi connectivity index (χ2v) is 6.87. The van der Waals surface area contributed by atoms with E-state index < -0.39 is 11.7 Å². The number of amides is 1. The Morgan fingerprint density at radius 2 is 1.79 bits per heavy atom. The van der Waals surface area contributed by atoms with Gasteiger partial charge in [0.15, 0.2) is 0 Å². The Kier molecular flexibility index (Phi) is 4.45. The fourth-order valence-electron chi connectivity index (χ4n) is 3.60. The Balaban J connectivity index is 1.71. The molecular weight excluding hydrogens is 379 g/mol. The topological polar surface area (TPSA) is 49.8 Å². The number of aromatic amines is 1. The van der Waals surface area contributed by atoms with E-state index in [0.717, 1.165) is 17.0 Å². The van der Waals surface area contributed by atoms with Crippen molar-refractivity contribution in [2.75, 3.05) is 5.32 Å². The molecule has 0 saturated carbocycles. The summed E-state index contributed by atoms with van der Waals surface area (Å²) < 4.78 is 41.8. The summed E-state index contributed by atoms with van der Waals surface area (Å²) >= 11 is 0. The van der Waals surface area contributed by atoms with Crippen molar-refractivity contribution in [2.24, 2.45) is 0 Å². The number of fused-ring (bicyclic) bond motifs is 1. The summed E-state index contributed by atoms with van der Waals surface area (Å²) in [4.78, 5) is 15.9. The molecule has 7 heteroatoms. The number of carbonyl (C=O) groups is 1. The lowest BCUT2D eigenvalue weighted by molar-refractivity contribution is -0.137. The Hall–Kier alpha value is -3.48. The smallest absolute Gasteiger partial charge is 0.361 e. The summed E-state index contributed by atoms with van der Waals surface area (Å²) in [5, 5.41) is 3.78. The maximum atomic E-state index is 13.5. The van der Waals surface area contributed by atoms with Crippen molar-refractivity contribution < 1.29 is 18.0 Å². The summed E-state index contributed by atoms with van der Waals surface area (Å²) in [5.74, 6) is -0.372. The van der Waals surface area contributed by atoms with Crippen LogP contribution in [-0.2, 0) is 6.18 Å². The molecule has 2 N–H and O–H groups in total. The predicted octanol–water partition coefficient (Wildman–Crippen LogP) is 5.85. The minimum Gasteiger partial charge on any atom is -0.361 e. The molecule has 2 heterocycles. The number of H-pyrrole nitrogens is 1. The van der Waals surface area contributed by atoms with Gasteiger partial charge in [0.25, 0.3) is 5.91 Å². The molecule has 4 nitrogen and oxygen atoms in total. The summed E-state index contributed by atoms with van der Waals surface area (Å²) in [7, 11) is 0. The number of aromatic nitrogens is 2. The first-order valence-corrected chi connectivity index (χ1v) is 9.00. The van der Waals surface area contributed by atoms with Crippen molar-refractivity contribution in [1.82, 2.24) is 9.55 Å². The predicted molar refractivity (Wildman–Crippen MR) is 106 cm³/mol. The molecule has 0 bridgehead atoms. The van der Waals surface area contributed by atoms with Gasteiger partial charge in [-0.25, -0.2) is 0 Å². The molecule has 0 aliphatic heterocycles. The lowest BCUT2D eigenvalue weighted by Gasteiger charge is -2.16.